The van der Waals surface area contributed by atoms with Crippen molar-refractivity contribution in [3.05, 3.63) is 0 Å². The van der Waals surface area contributed by atoms with Gasteiger partial charge in [-0.1, -0.05) is 47.5 Å². The van der Waals surface area contributed by atoms with Gasteiger partial charge in [0, 0.05) is 13.3 Å². The number of rotatable bonds is 15. The zero-order valence-corrected chi connectivity index (χ0v) is 25.5. The normalized spacial score (nSPS) is 32.5. The summed E-state index contributed by atoms with van der Waals surface area (Å²) in [5.41, 5.74) is 0. The van der Waals surface area contributed by atoms with Gasteiger partial charge in [0.15, 0.2) is 24.4 Å². The van der Waals surface area contributed by atoms with Crippen molar-refractivity contribution in [3.63, 3.8) is 0 Å². The quantitative estimate of drug-likeness (QED) is 0.105. The summed E-state index contributed by atoms with van der Waals surface area (Å²) in [5.74, 6) is -6.79. The molecular formula is C28H46O15. The van der Waals surface area contributed by atoms with E-state index in [1.807, 2.05) is 6.92 Å². The maximum atomic E-state index is 12.7. The van der Waals surface area contributed by atoms with Gasteiger partial charge >= 0.3 is 23.9 Å². The molecule has 9 unspecified atom stereocenters. The van der Waals surface area contributed by atoms with Gasteiger partial charge in [0.1, 0.15) is 24.9 Å². The lowest BCUT2D eigenvalue weighted by molar-refractivity contribution is -0.384. The maximum Gasteiger partial charge on any atom is 0.308 e. The van der Waals surface area contributed by atoms with E-state index in [-0.39, 0.29) is 6.42 Å². The van der Waals surface area contributed by atoms with Crippen LogP contribution < -0.4 is 0 Å². The molecule has 2 rings (SSSR count). The van der Waals surface area contributed by atoms with Crippen molar-refractivity contribution in [1.82, 2.24) is 0 Å². The first-order chi connectivity index (χ1) is 20.2. The Morgan fingerprint density at radius 1 is 0.814 bits per heavy atom. The molecule has 248 valence electrons. The molecule has 0 bridgehead atoms. The van der Waals surface area contributed by atoms with Gasteiger partial charge < -0.3 is 53.6 Å². The Bertz CT molecular complexity index is 939. The lowest BCUT2D eigenvalue weighted by atomic mass is 9.97. The monoisotopic (exact) mass is 622 g/mol. The molecule has 43 heavy (non-hydrogen) atoms. The predicted octanol–water partition coefficient (Wildman–Crippen LogP) is -0.280. The van der Waals surface area contributed by atoms with Crippen LogP contribution in [-0.2, 0) is 52.3 Å². The molecule has 0 aromatic carbocycles. The van der Waals surface area contributed by atoms with Gasteiger partial charge in [-0.2, -0.15) is 0 Å². The molecule has 15 heteroatoms. The summed E-state index contributed by atoms with van der Waals surface area (Å²) in [6.45, 7) is 6.59. The minimum atomic E-state index is -2.37. The third-order valence-corrected chi connectivity index (χ3v) is 6.95. The Morgan fingerprint density at radius 2 is 1.40 bits per heavy atom. The number of carbonyl (C=O) groups excluding carboxylic acids is 4. The Hall–Kier alpha value is -2.40. The average Bonchev–Trinajstić information content (AvgIpc) is 3.21. The summed E-state index contributed by atoms with van der Waals surface area (Å²) >= 11 is 0. The van der Waals surface area contributed by atoms with E-state index >= 15 is 0 Å². The minimum Gasteiger partial charge on any atom is -0.455 e. The zero-order chi connectivity index (χ0) is 32.5. The second kappa shape index (κ2) is 16.6. The molecule has 2 heterocycles. The van der Waals surface area contributed by atoms with Crippen molar-refractivity contribution in [3.8, 4) is 0 Å². The van der Waals surface area contributed by atoms with E-state index in [2.05, 4.69) is 0 Å². The van der Waals surface area contributed by atoms with Gasteiger partial charge in [-0.15, -0.1) is 0 Å². The molecule has 2 saturated heterocycles. The standard InChI is InChI=1S/C28H46O15/c1-7-8-9-10-19(33)39-24-20(34)17(11-29)42-28(24,13-31)43-27-23(37-16(6)32)22(41-26(36)15(4)5)21(18(12-30)38-27)40-25(35)14(2)3/h14-15,17-18,20-24,27,29-31,34H,7-13H2,1-6H3. The van der Waals surface area contributed by atoms with Crippen LogP contribution in [0.2, 0.25) is 0 Å². The topological polar surface area (TPSA) is 214 Å². The van der Waals surface area contributed by atoms with Crippen LogP contribution in [0.3, 0.4) is 0 Å². The molecule has 0 aromatic rings. The fourth-order valence-electron chi connectivity index (χ4n) is 4.58. The highest BCUT2D eigenvalue weighted by molar-refractivity contribution is 5.73. The van der Waals surface area contributed by atoms with Crippen LogP contribution in [0.1, 0.15) is 67.2 Å². The summed E-state index contributed by atoms with van der Waals surface area (Å²) in [5, 5.41) is 41.3. The third-order valence-electron chi connectivity index (χ3n) is 6.95. The lowest BCUT2D eigenvalue weighted by Gasteiger charge is -2.46. The summed E-state index contributed by atoms with van der Waals surface area (Å²) in [4.78, 5) is 50.2. The molecule has 15 nitrogen and oxygen atoms in total. The first kappa shape index (κ1) is 36.8. The minimum absolute atomic E-state index is 0.0128. The average molecular weight is 623 g/mol. The number of unbranched alkanes of at least 4 members (excludes halogenated alkanes) is 2. The van der Waals surface area contributed by atoms with Crippen molar-refractivity contribution in [2.24, 2.45) is 11.8 Å². The predicted molar refractivity (Wildman–Crippen MR) is 144 cm³/mol. The molecule has 2 aliphatic heterocycles. The Labute approximate surface area is 250 Å². The zero-order valence-electron chi connectivity index (χ0n) is 25.5. The number of esters is 4. The van der Waals surface area contributed by atoms with Crippen LogP contribution >= 0.6 is 0 Å². The highest BCUT2D eigenvalue weighted by atomic mass is 16.8. The number of carbonyl (C=O) groups is 4. The van der Waals surface area contributed by atoms with Gasteiger partial charge in [-0.25, -0.2) is 0 Å². The second-order valence-electron chi connectivity index (χ2n) is 11.2. The molecule has 4 N–H and O–H groups in total. The fraction of sp³-hybridized carbons (Fsp3) is 0.857. The van der Waals surface area contributed by atoms with Crippen molar-refractivity contribution >= 4 is 23.9 Å². The van der Waals surface area contributed by atoms with Crippen LogP contribution in [0.15, 0.2) is 0 Å². The molecule has 0 amide bonds. The second-order valence-corrected chi connectivity index (χ2v) is 11.2. The Kier molecular flexibility index (Phi) is 14.2. The molecule has 0 spiro atoms. The van der Waals surface area contributed by atoms with E-state index in [9.17, 15) is 39.6 Å². The molecule has 0 radical (unpaired) electrons. The van der Waals surface area contributed by atoms with E-state index in [0.29, 0.717) is 6.42 Å². The number of aliphatic hydroxyl groups excluding tert-OH is 4. The van der Waals surface area contributed by atoms with E-state index in [1.54, 1.807) is 13.8 Å². The summed E-state index contributed by atoms with van der Waals surface area (Å²) in [6.07, 6.45) is -10.6. The SMILES string of the molecule is CCCCCC(=O)OC1C(O)C(CO)OC1(CO)OC1OC(CO)C(OC(=O)C(C)C)C(OC(=O)C(C)C)C1OC(C)=O. The van der Waals surface area contributed by atoms with Gasteiger partial charge in [0.2, 0.25) is 12.1 Å². The first-order valence-electron chi connectivity index (χ1n) is 14.5. The van der Waals surface area contributed by atoms with Crippen molar-refractivity contribution in [2.75, 3.05) is 19.8 Å². The highest BCUT2D eigenvalue weighted by Gasteiger charge is 2.62. The molecule has 9 atom stereocenters. The van der Waals surface area contributed by atoms with Crippen LogP contribution in [0.4, 0.5) is 0 Å². The van der Waals surface area contributed by atoms with E-state index in [0.717, 1.165) is 19.8 Å². The van der Waals surface area contributed by atoms with Gasteiger partial charge in [0.25, 0.3) is 0 Å². The molecular weight excluding hydrogens is 576 g/mol. The van der Waals surface area contributed by atoms with Crippen molar-refractivity contribution in [2.45, 2.75) is 122 Å². The van der Waals surface area contributed by atoms with E-state index in [4.69, 9.17) is 33.2 Å². The maximum absolute atomic E-state index is 12.7. The van der Waals surface area contributed by atoms with Crippen LogP contribution in [0, 0.1) is 11.8 Å². The summed E-state index contributed by atoms with van der Waals surface area (Å²) in [6, 6.07) is 0. The molecule has 0 saturated carbocycles. The third kappa shape index (κ3) is 9.30. The lowest BCUT2D eigenvalue weighted by Crippen LogP contribution is -2.65. The van der Waals surface area contributed by atoms with Gasteiger partial charge in [0.05, 0.1) is 25.0 Å². The molecule has 2 aliphatic rings. The van der Waals surface area contributed by atoms with Crippen molar-refractivity contribution < 1.29 is 72.8 Å². The summed E-state index contributed by atoms with van der Waals surface area (Å²) < 4.78 is 39.6. The number of aliphatic hydroxyl groups is 4. The molecule has 0 aromatic heterocycles. The molecule has 2 fully saturated rings. The number of ether oxygens (including phenoxy) is 7. The Morgan fingerprint density at radius 3 is 1.88 bits per heavy atom. The fourth-order valence-corrected chi connectivity index (χ4v) is 4.58. The first-order valence-corrected chi connectivity index (χ1v) is 14.5. The van der Waals surface area contributed by atoms with Crippen LogP contribution in [-0.4, -0.2) is 119 Å². The molecule has 0 aliphatic carbocycles. The highest BCUT2D eigenvalue weighted by Crippen LogP contribution is 2.39. The number of hydrogen-bond acceptors (Lipinski definition) is 15. The van der Waals surface area contributed by atoms with Gasteiger partial charge in [-0.3, -0.25) is 19.2 Å². The van der Waals surface area contributed by atoms with E-state index < -0.39 is 110 Å². The Balaban J connectivity index is 2.55. The number of hydrogen-bond donors (Lipinski definition) is 4. The summed E-state index contributed by atoms with van der Waals surface area (Å²) in [7, 11) is 0. The van der Waals surface area contributed by atoms with Crippen molar-refractivity contribution in [1.29, 1.82) is 0 Å². The van der Waals surface area contributed by atoms with Gasteiger partial charge in [-0.05, 0) is 6.42 Å². The van der Waals surface area contributed by atoms with Crippen LogP contribution in [0.5, 0.6) is 0 Å². The van der Waals surface area contributed by atoms with E-state index in [1.165, 1.54) is 13.8 Å². The largest absolute Gasteiger partial charge is 0.455 e. The van der Waals surface area contributed by atoms with Crippen LogP contribution in [0.25, 0.3) is 0 Å². The smallest absolute Gasteiger partial charge is 0.308 e.